The highest BCUT2D eigenvalue weighted by Crippen LogP contribution is 2.56. The van der Waals surface area contributed by atoms with Crippen molar-refractivity contribution in [3.63, 3.8) is 0 Å². The second kappa shape index (κ2) is 4.22. The molecular weight excluding hydrogens is 228 g/mol. The minimum Gasteiger partial charge on any atom is -0.481 e. The summed E-state index contributed by atoms with van der Waals surface area (Å²) in [5, 5.41) is 9.83. The highest BCUT2D eigenvalue weighted by atomic mass is 16.5. The van der Waals surface area contributed by atoms with Gasteiger partial charge in [-0.3, -0.25) is 4.79 Å². The maximum absolute atomic E-state index is 11.9. The summed E-state index contributed by atoms with van der Waals surface area (Å²) in [6, 6.07) is 0. The van der Waals surface area contributed by atoms with Crippen LogP contribution in [0.5, 0.6) is 0 Å². The third-order valence-corrected chi connectivity index (χ3v) is 5.55. The highest BCUT2D eigenvalue weighted by molar-refractivity contribution is 5.76. The van der Waals surface area contributed by atoms with Gasteiger partial charge in [-0.15, -0.1) is 0 Å². The molecule has 0 spiro atoms. The van der Waals surface area contributed by atoms with Crippen LogP contribution in [-0.4, -0.2) is 23.3 Å². The quantitative estimate of drug-likeness (QED) is 0.821. The van der Waals surface area contributed by atoms with Crippen molar-refractivity contribution in [2.45, 2.75) is 64.6 Å². The minimum atomic E-state index is -0.596. The molecule has 5 unspecified atom stereocenters. The van der Waals surface area contributed by atoms with Crippen molar-refractivity contribution in [2.24, 2.45) is 23.2 Å². The lowest BCUT2D eigenvalue weighted by atomic mass is 9.58. The maximum atomic E-state index is 11.9. The molecule has 2 saturated heterocycles. The Balaban J connectivity index is 1.88. The molecule has 1 saturated carbocycles. The maximum Gasteiger partial charge on any atom is 0.312 e. The van der Waals surface area contributed by atoms with Gasteiger partial charge in [0.1, 0.15) is 0 Å². The van der Waals surface area contributed by atoms with Gasteiger partial charge in [0.15, 0.2) is 0 Å². The number of rotatable bonds is 2. The zero-order valence-electron chi connectivity index (χ0n) is 11.4. The summed E-state index contributed by atoms with van der Waals surface area (Å²) in [6.07, 6.45) is 6.39. The van der Waals surface area contributed by atoms with Gasteiger partial charge < -0.3 is 9.84 Å². The molecular formula is C15H24O3. The lowest BCUT2D eigenvalue weighted by molar-refractivity contribution is -0.159. The molecule has 1 aliphatic carbocycles. The normalized spacial score (nSPS) is 51.6. The van der Waals surface area contributed by atoms with Crippen molar-refractivity contribution in [3.8, 4) is 0 Å². The first-order chi connectivity index (χ1) is 8.52. The van der Waals surface area contributed by atoms with Crippen molar-refractivity contribution in [2.75, 3.05) is 0 Å². The Morgan fingerprint density at radius 3 is 2.28 bits per heavy atom. The molecule has 3 rings (SSSR count). The second-order valence-electron chi connectivity index (χ2n) is 6.99. The van der Waals surface area contributed by atoms with Gasteiger partial charge >= 0.3 is 5.97 Å². The summed E-state index contributed by atoms with van der Waals surface area (Å²) in [7, 11) is 0. The van der Waals surface area contributed by atoms with E-state index in [1.54, 1.807) is 0 Å². The van der Waals surface area contributed by atoms with E-state index in [-0.39, 0.29) is 12.2 Å². The van der Waals surface area contributed by atoms with Gasteiger partial charge in [0.05, 0.1) is 17.6 Å². The number of hydrogen-bond acceptors (Lipinski definition) is 2. The first-order valence-corrected chi connectivity index (χ1v) is 7.41. The smallest absolute Gasteiger partial charge is 0.312 e. The molecule has 0 aromatic rings. The molecule has 0 amide bonds. The molecule has 3 nitrogen and oxygen atoms in total. The fraction of sp³-hybridized carbons (Fsp3) is 0.933. The number of hydrogen-bond donors (Lipinski definition) is 1. The molecule has 102 valence electrons. The summed E-state index contributed by atoms with van der Waals surface area (Å²) in [5.74, 6) is 1.05. The molecule has 5 atom stereocenters. The van der Waals surface area contributed by atoms with Crippen molar-refractivity contribution < 1.29 is 14.6 Å². The molecule has 2 bridgehead atoms. The summed E-state index contributed by atoms with van der Waals surface area (Å²) in [4.78, 5) is 11.9. The monoisotopic (exact) mass is 252 g/mol. The van der Waals surface area contributed by atoms with Crippen molar-refractivity contribution >= 4 is 5.97 Å². The van der Waals surface area contributed by atoms with Crippen LogP contribution in [0.3, 0.4) is 0 Å². The average Bonchev–Trinajstić information content (AvgIpc) is 2.87. The van der Waals surface area contributed by atoms with Crippen LogP contribution in [0.4, 0.5) is 0 Å². The van der Waals surface area contributed by atoms with Crippen LogP contribution < -0.4 is 0 Å². The zero-order valence-corrected chi connectivity index (χ0v) is 11.4. The van der Waals surface area contributed by atoms with Gasteiger partial charge in [-0.05, 0) is 56.3 Å². The zero-order chi connectivity index (χ0) is 12.9. The number of fused-ring (bicyclic) bond motifs is 2. The summed E-state index contributed by atoms with van der Waals surface area (Å²) in [6.45, 7) is 4.54. The molecule has 3 fully saturated rings. The van der Waals surface area contributed by atoms with E-state index in [1.807, 2.05) is 0 Å². The number of carboxylic acid groups (broad SMARTS) is 1. The van der Waals surface area contributed by atoms with Crippen LogP contribution in [-0.2, 0) is 9.53 Å². The molecule has 2 aliphatic heterocycles. The van der Waals surface area contributed by atoms with E-state index in [0.29, 0.717) is 17.8 Å². The molecule has 3 aliphatic rings. The molecule has 0 aromatic heterocycles. The van der Waals surface area contributed by atoms with E-state index in [2.05, 4.69) is 13.8 Å². The van der Waals surface area contributed by atoms with Gasteiger partial charge in [0.2, 0.25) is 0 Å². The fourth-order valence-electron chi connectivity index (χ4n) is 4.94. The van der Waals surface area contributed by atoms with Gasteiger partial charge in [-0.25, -0.2) is 0 Å². The number of ether oxygens (including phenoxy) is 1. The molecule has 18 heavy (non-hydrogen) atoms. The molecule has 2 heterocycles. The van der Waals surface area contributed by atoms with E-state index in [1.165, 1.54) is 6.42 Å². The number of carbonyl (C=O) groups is 1. The molecule has 0 aromatic carbocycles. The highest BCUT2D eigenvalue weighted by Gasteiger charge is 2.61. The molecule has 1 N–H and O–H groups in total. The topological polar surface area (TPSA) is 46.5 Å². The average molecular weight is 252 g/mol. The largest absolute Gasteiger partial charge is 0.481 e. The van der Waals surface area contributed by atoms with E-state index in [4.69, 9.17) is 4.74 Å². The van der Waals surface area contributed by atoms with Crippen LogP contribution in [0.1, 0.15) is 52.4 Å². The summed E-state index contributed by atoms with van der Waals surface area (Å²) >= 11 is 0. The number of aliphatic carboxylic acids is 1. The van der Waals surface area contributed by atoms with E-state index >= 15 is 0 Å². The van der Waals surface area contributed by atoms with E-state index in [9.17, 15) is 9.90 Å². The van der Waals surface area contributed by atoms with E-state index in [0.717, 1.165) is 32.1 Å². The third-order valence-electron chi connectivity index (χ3n) is 5.55. The van der Waals surface area contributed by atoms with Crippen molar-refractivity contribution in [1.29, 1.82) is 0 Å². The van der Waals surface area contributed by atoms with Crippen LogP contribution in [0.2, 0.25) is 0 Å². The Hall–Kier alpha value is -0.570. The van der Waals surface area contributed by atoms with Gasteiger partial charge in [-0.2, -0.15) is 0 Å². The lowest BCUT2D eigenvalue weighted by Gasteiger charge is -2.43. The van der Waals surface area contributed by atoms with Crippen LogP contribution >= 0.6 is 0 Å². The Morgan fingerprint density at radius 1 is 1.17 bits per heavy atom. The fourth-order valence-corrected chi connectivity index (χ4v) is 4.94. The minimum absolute atomic E-state index is 0.0116. The SMILES string of the molecule is CC1CC(C)CC(C2(C(=O)O)CC3CCC2O3)C1. The van der Waals surface area contributed by atoms with Gasteiger partial charge in [-0.1, -0.05) is 13.8 Å². The standard InChI is InChI=1S/C15H24O3/c1-9-5-10(2)7-11(6-9)15(14(16)17)8-12-3-4-13(15)18-12/h9-13H,3-8H2,1-2H3,(H,16,17). The summed E-state index contributed by atoms with van der Waals surface area (Å²) < 4.78 is 5.89. The van der Waals surface area contributed by atoms with Crippen LogP contribution in [0.15, 0.2) is 0 Å². The van der Waals surface area contributed by atoms with Crippen LogP contribution in [0, 0.1) is 23.2 Å². The van der Waals surface area contributed by atoms with Crippen LogP contribution in [0.25, 0.3) is 0 Å². The second-order valence-corrected chi connectivity index (χ2v) is 6.99. The van der Waals surface area contributed by atoms with Gasteiger partial charge in [0.25, 0.3) is 0 Å². The predicted molar refractivity (Wildman–Crippen MR) is 68.2 cm³/mol. The Bertz CT molecular complexity index is 344. The van der Waals surface area contributed by atoms with Crippen molar-refractivity contribution in [3.05, 3.63) is 0 Å². The third kappa shape index (κ3) is 1.70. The van der Waals surface area contributed by atoms with E-state index < -0.39 is 11.4 Å². The Labute approximate surface area is 109 Å². The van der Waals surface area contributed by atoms with Gasteiger partial charge in [0, 0.05) is 0 Å². The summed E-state index contributed by atoms with van der Waals surface area (Å²) in [5.41, 5.74) is -0.564. The van der Waals surface area contributed by atoms with Crippen molar-refractivity contribution in [1.82, 2.24) is 0 Å². The Kier molecular flexibility index (Phi) is 2.92. The first kappa shape index (κ1) is 12.5. The predicted octanol–water partition coefficient (Wildman–Crippen LogP) is 3.08. The Morgan fingerprint density at radius 2 is 1.83 bits per heavy atom. The first-order valence-electron chi connectivity index (χ1n) is 7.41. The number of carboxylic acids is 1. The molecule has 0 radical (unpaired) electrons. The molecule has 3 heteroatoms. The lowest BCUT2D eigenvalue weighted by Crippen LogP contribution is -2.48.